The maximum absolute atomic E-state index is 14.1. The van der Waals surface area contributed by atoms with Crippen LogP contribution >= 0.6 is 0 Å². The Kier molecular flexibility index (Phi) is 4.11. The van der Waals surface area contributed by atoms with Crippen molar-refractivity contribution >= 4 is 5.65 Å². The van der Waals surface area contributed by atoms with Crippen molar-refractivity contribution in [2.75, 3.05) is 6.67 Å². The zero-order valence-corrected chi connectivity index (χ0v) is 14.0. The summed E-state index contributed by atoms with van der Waals surface area (Å²) in [6, 6.07) is 2.85. The minimum Gasteiger partial charge on any atom is -0.324 e. The van der Waals surface area contributed by atoms with E-state index in [2.05, 4.69) is 25.1 Å². The molecule has 4 rings (SSSR count). The van der Waals surface area contributed by atoms with Crippen molar-refractivity contribution < 1.29 is 8.78 Å². The number of aromatic nitrogens is 7. The van der Waals surface area contributed by atoms with Crippen LogP contribution in [0, 0.1) is 12.7 Å². The summed E-state index contributed by atoms with van der Waals surface area (Å²) >= 11 is 0. The van der Waals surface area contributed by atoms with E-state index in [1.54, 1.807) is 34.6 Å². The summed E-state index contributed by atoms with van der Waals surface area (Å²) in [6.07, 6.45) is 6.57. The van der Waals surface area contributed by atoms with Gasteiger partial charge in [0.15, 0.2) is 17.3 Å². The van der Waals surface area contributed by atoms with Crippen LogP contribution in [-0.4, -0.2) is 40.8 Å². The van der Waals surface area contributed by atoms with Crippen LogP contribution in [0.4, 0.5) is 8.78 Å². The molecule has 0 amide bonds. The van der Waals surface area contributed by atoms with Crippen molar-refractivity contribution in [2.24, 2.45) is 0 Å². The van der Waals surface area contributed by atoms with Crippen molar-refractivity contribution in [1.29, 1.82) is 0 Å². The monoisotopic (exact) mass is 355 g/mol. The molecule has 0 spiro atoms. The number of fused-ring (bicyclic) bond motifs is 1. The fourth-order valence-corrected chi connectivity index (χ4v) is 2.90. The lowest BCUT2D eigenvalue weighted by atomic mass is 10.1. The van der Waals surface area contributed by atoms with E-state index in [1.165, 1.54) is 18.3 Å². The standard InChI is InChI=1S/C17H15F2N7/c1-11-23-24-16-12(4-5-18)14(22-10-26(11)16)9-25-8-7-21-17(25)15-13(19)3-2-6-20-15/h2-3,6-8,10H,4-5,9H2,1H3. The number of pyridine rings is 1. The molecule has 4 heterocycles. The second-order valence-electron chi connectivity index (χ2n) is 5.76. The first-order valence-corrected chi connectivity index (χ1v) is 8.05. The van der Waals surface area contributed by atoms with Gasteiger partial charge in [-0.2, -0.15) is 0 Å². The fraction of sp³-hybridized carbons (Fsp3) is 0.235. The van der Waals surface area contributed by atoms with Gasteiger partial charge in [-0.05, 0) is 19.1 Å². The van der Waals surface area contributed by atoms with Gasteiger partial charge in [-0.3, -0.25) is 8.79 Å². The third-order valence-electron chi connectivity index (χ3n) is 4.16. The normalized spacial score (nSPS) is 11.3. The van der Waals surface area contributed by atoms with E-state index in [0.717, 1.165) is 0 Å². The molecular weight excluding hydrogens is 340 g/mol. The van der Waals surface area contributed by atoms with Crippen LogP contribution in [-0.2, 0) is 13.0 Å². The van der Waals surface area contributed by atoms with Crippen LogP contribution in [0.25, 0.3) is 17.2 Å². The minimum absolute atomic E-state index is 0.156. The maximum Gasteiger partial charge on any atom is 0.167 e. The molecule has 0 aliphatic carbocycles. The van der Waals surface area contributed by atoms with Gasteiger partial charge in [0.25, 0.3) is 0 Å². The van der Waals surface area contributed by atoms with Gasteiger partial charge in [0.1, 0.15) is 17.8 Å². The molecule has 0 radical (unpaired) electrons. The Morgan fingerprint density at radius 3 is 2.81 bits per heavy atom. The van der Waals surface area contributed by atoms with E-state index < -0.39 is 12.5 Å². The van der Waals surface area contributed by atoms with E-state index in [4.69, 9.17) is 0 Å². The lowest BCUT2D eigenvalue weighted by Crippen LogP contribution is -2.10. The first-order valence-electron chi connectivity index (χ1n) is 8.05. The summed E-state index contributed by atoms with van der Waals surface area (Å²) in [5.74, 6) is 0.604. The molecule has 4 aromatic heterocycles. The molecule has 4 aromatic rings. The van der Waals surface area contributed by atoms with Gasteiger partial charge >= 0.3 is 0 Å². The Balaban J connectivity index is 1.78. The smallest absolute Gasteiger partial charge is 0.167 e. The number of hydrogen-bond acceptors (Lipinski definition) is 5. The molecule has 0 saturated carbocycles. The summed E-state index contributed by atoms with van der Waals surface area (Å²) in [5, 5.41) is 8.16. The molecule has 0 aliphatic rings. The number of rotatable bonds is 5. The zero-order chi connectivity index (χ0) is 18.1. The summed E-state index contributed by atoms with van der Waals surface area (Å²) in [5.41, 5.74) is 2.05. The lowest BCUT2D eigenvalue weighted by molar-refractivity contribution is 0.493. The largest absolute Gasteiger partial charge is 0.324 e. The van der Waals surface area contributed by atoms with Gasteiger partial charge in [0, 0.05) is 30.6 Å². The summed E-state index contributed by atoms with van der Waals surface area (Å²) in [7, 11) is 0. The number of imidazole rings is 1. The highest BCUT2D eigenvalue weighted by molar-refractivity contribution is 5.52. The second-order valence-corrected chi connectivity index (χ2v) is 5.76. The Morgan fingerprint density at radius 1 is 1.12 bits per heavy atom. The van der Waals surface area contributed by atoms with Crippen LogP contribution in [0.3, 0.4) is 0 Å². The van der Waals surface area contributed by atoms with E-state index in [1.807, 2.05) is 0 Å². The predicted molar refractivity (Wildman–Crippen MR) is 89.7 cm³/mol. The van der Waals surface area contributed by atoms with Gasteiger partial charge in [0.05, 0.1) is 18.9 Å². The van der Waals surface area contributed by atoms with Crippen molar-refractivity contribution in [3.63, 3.8) is 0 Å². The molecule has 9 heteroatoms. The van der Waals surface area contributed by atoms with Gasteiger partial charge in [-0.25, -0.2) is 19.3 Å². The Hall–Kier alpha value is -3.23. The average molecular weight is 355 g/mol. The molecule has 132 valence electrons. The summed E-state index contributed by atoms with van der Waals surface area (Å²) < 4.78 is 30.6. The topological polar surface area (TPSA) is 73.8 Å². The van der Waals surface area contributed by atoms with Crippen molar-refractivity contribution in [2.45, 2.75) is 19.9 Å². The molecule has 7 nitrogen and oxygen atoms in total. The molecule has 0 aromatic carbocycles. The number of hydrogen-bond donors (Lipinski definition) is 0. The third kappa shape index (κ3) is 2.71. The van der Waals surface area contributed by atoms with Gasteiger partial charge in [-0.1, -0.05) is 0 Å². The zero-order valence-electron chi connectivity index (χ0n) is 14.0. The van der Waals surface area contributed by atoms with Crippen LogP contribution in [0.1, 0.15) is 17.1 Å². The molecule has 0 N–H and O–H groups in total. The van der Waals surface area contributed by atoms with E-state index in [-0.39, 0.29) is 12.1 Å². The lowest BCUT2D eigenvalue weighted by Gasteiger charge is -2.12. The summed E-state index contributed by atoms with van der Waals surface area (Å²) in [6.45, 7) is 1.56. The predicted octanol–water partition coefficient (Wildman–Crippen LogP) is 2.39. The second kappa shape index (κ2) is 6.58. The van der Waals surface area contributed by atoms with Crippen LogP contribution < -0.4 is 0 Å². The first-order chi connectivity index (χ1) is 12.7. The Labute approximate surface area is 147 Å². The van der Waals surface area contributed by atoms with Crippen molar-refractivity contribution in [1.82, 2.24) is 34.1 Å². The Morgan fingerprint density at radius 2 is 2.00 bits per heavy atom. The molecule has 0 atom stereocenters. The third-order valence-corrected chi connectivity index (χ3v) is 4.16. The number of alkyl halides is 1. The van der Waals surface area contributed by atoms with Crippen molar-refractivity contribution in [3.05, 3.63) is 59.9 Å². The number of nitrogens with zero attached hydrogens (tertiary/aromatic N) is 7. The minimum atomic E-state index is -0.536. The average Bonchev–Trinajstić information content (AvgIpc) is 3.25. The first kappa shape index (κ1) is 16.2. The molecule has 0 aliphatic heterocycles. The highest BCUT2D eigenvalue weighted by Crippen LogP contribution is 2.21. The van der Waals surface area contributed by atoms with Crippen molar-refractivity contribution in [3.8, 4) is 11.5 Å². The SMILES string of the molecule is Cc1nnc2c(CCF)c(Cn3ccnc3-c3ncccc3F)ncn12. The van der Waals surface area contributed by atoms with Gasteiger partial charge in [0.2, 0.25) is 0 Å². The highest BCUT2D eigenvalue weighted by atomic mass is 19.1. The number of aryl methyl sites for hydroxylation is 2. The molecular formula is C17H15F2N7. The van der Waals surface area contributed by atoms with E-state index in [9.17, 15) is 8.78 Å². The molecule has 0 unspecified atom stereocenters. The van der Waals surface area contributed by atoms with Crippen LogP contribution in [0.15, 0.2) is 37.1 Å². The van der Waals surface area contributed by atoms with Gasteiger partial charge in [-0.15, -0.1) is 10.2 Å². The van der Waals surface area contributed by atoms with E-state index in [0.29, 0.717) is 35.1 Å². The van der Waals surface area contributed by atoms with Crippen LogP contribution in [0.5, 0.6) is 0 Å². The fourth-order valence-electron chi connectivity index (χ4n) is 2.90. The summed E-state index contributed by atoms with van der Waals surface area (Å²) in [4.78, 5) is 12.7. The van der Waals surface area contributed by atoms with E-state index >= 15 is 0 Å². The maximum atomic E-state index is 14.1. The Bertz CT molecular complexity index is 1070. The molecule has 0 saturated heterocycles. The highest BCUT2D eigenvalue weighted by Gasteiger charge is 2.17. The quantitative estimate of drug-likeness (QED) is 0.550. The molecule has 0 bridgehead atoms. The van der Waals surface area contributed by atoms with Gasteiger partial charge < -0.3 is 4.57 Å². The molecule has 26 heavy (non-hydrogen) atoms. The number of halogens is 2. The van der Waals surface area contributed by atoms with Crippen LogP contribution in [0.2, 0.25) is 0 Å². The molecule has 0 fully saturated rings.